The molecular formula is C11H19N3O4. The lowest BCUT2D eigenvalue weighted by Gasteiger charge is -2.20. The summed E-state index contributed by atoms with van der Waals surface area (Å²) in [4.78, 5) is 10.1. The van der Waals surface area contributed by atoms with Crippen molar-refractivity contribution in [2.75, 3.05) is 46.4 Å². The van der Waals surface area contributed by atoms with Gasteiger partial charge in [-0.25, -0.2) is 0 Å². The maximum Gasteiger partial charge on any atom is 0.231 e. The van der Waals surface area contributed by atoms with Gasteiger partial charge in [-0.2, -0.15) is 9.97 Å². The SMILES string of the molecule is COCC(O)CN(C)c1nc(OC)cc(OC)n1. The van der Waals surface area contributed by atoms with Gasteiger partial charge >= 0.3 is 0 Å². The van der Waals surface area contributed by atoms with Crippen LogP contribution >= 0.6 is 0 Å². The summed E-state index contributed by atoms with van der Waals surface area (Å²) in [5.41, 5.74) is 0. The van der Waals surface area contributed by atoms with E-state index in [9.17, 15) is 5.11 Å². The second-order valence-corrected chi connectivity index (χ2v) is 3.74. The van der Waals surface area contributed by atoms with Crippen LogP contribution in [0.1, 0.15) is 0 Å². The molecule has 0 bridgehead atoms. The Morgan fingerprint density at radius 2 is 1.78 bits per heavy atom. The first-order chi connectivity index (χ1) is 8.60. The minimum absolute atomic E-state index is 0.255. The molecule has 1 heterocycles. The highest BCUT2D eigenvalue weighted by Crippen LogP contribution is 2.19. The van der Waals surface area contributed by atoms with E-state index >= 15 is 0 Å². The molecule has 0 amide bonds. The van der Waals surface area contributed by atoms with Crippen molar-refractivity contribution >= 4 is 5.95 Å². The monoisotopic (exact) mass is 257 g/mol. The first-order valence-electron chi connectivity index (χ1n) is 5.46. The van der Waals surface area contributed by atoms with Gasteiger partial charge in [-0.15, -0.1) is 0 Å². The van der Waals surface area contributed by atoms with Crippen molar-refractivity contribution in [2.24, 2.45) is 0 Å². The molecule has 0 aliphatic carbocycles. The van der Waals surface area contributed by atoms with Crippen molar-refractivity contribution in [3.05, 3.63) is 6.07 Å². The number of anilines is 1. The summed E-state index contributed by atoms with van der Waals surface area (Å²) >= 11 is 0. The Hall–Kier alpha value is -1.60. The number of likely N-dealkylation sites (N-methyl/N-ethyl adjacent to an activating group) is 1. The Labute approximate surface area is 106 Å². The second-order valence-electron chi connectivity index (χ2n) is 3.74. The Balaban J connectivity index is 2.80. The lowest BCUT2D eigenvalue weighted by Crippen LogP contribution is -2.33. The summed E-state index contributed by atoms with van der Waals surface area (Å²) in [5, 5.41) is 9.65. The summed E-state index contributed by atoms with van der Waals surface area (Å²) in [6.07, 6.45) is -0.610. The van der Waals surface area contributed by atoms with E-state index in [0.29, 0.717) is 24.3 Å². The topological polar surface area (TPSA) is 76.9 Å². The summed E-state index contributed by atoms with van der Waals surface area (Å²) in [7, 11) is 6.35. The van der Waals surface area contributed by atoms with Crippen LogP contribution in [0.25, 0.3) is 0 Å². The van der Waals surface area contributed by atoms with Crippen LogP contribution in [0.15, 0.2) is 6.07 Å². The third-order valence-corrected chi connectivity index (χ3v) is 2.27. The third kappa shape index (κ3) is 4.01. The van der Waals surface area contributed by atoms with Gasteiger partial charge < -0.3 is 24.2 Å². The van der Waals surface area contributed by atoms with Gasteiger partial charge in [0.2, 0.25) is 17.7 Å². The fraction of sp³-hybridized carbons (Fsp3) is 0.636. The van der Waals surface area contributed by atoms with Crippen molar-refractivity contribution in [3.63, 3.8) is 0 Å². The van der Waals surface area contributed by atoms with Crippen LogP contribution in [0.3, 0.4) is 0 Å². The Kier molecular flexibility index (Phi) is 5.60. The molecule has 0 saturated carbocycles. The van der Waals surface area contributed by atoms with Crippen LogP contribution in [0.2, 0.25) is 0 Å². The Morgan fingerprint density at radius 3 is 2.22 bits per heavy atom. The predicted molar refractivity (Wildman–Crippen MR) is 66.3 cm³/mol. The number of ether oxygens (including phenoxy) is 3. The Morgan fingerprint density at radius 1 is 1.22 bits per heavy atom. The van der Waals surface area contributed by atoms with E-state index in [1.54, 1.807) is 18.0 Å². The molecule has 0 aromatic carbocycles. The van der Waals surface area contributed by atoms with E-state index in [-0.39, 0.29) is 6.61 Å². The molecule has 102 valence electrons. The van der Waals surface area contributed by atoms with Crippen LogP contribution in [-0.2, 0) is 4.74 Å². The highest BCUT2D eigenvalue weighted by atomic mass is 16.5. The van der Waals surface area contributed by atoms with Gasteiger partial charge in [0.25, 0.3) is 0 Å². The van der Waals surface area contributed by atoms with Crippen molar-refractivity contribution in [1.82, 2.24) is 9.97 Å². The standard InChI is InChI=1S/C11H19N3O4/c1-14(6-8(15)7-16-2)11-12-9(17-3)5-10(13-11)18-4/h5,8,15H,6-7H2,1-4H3. The number of rotatable bonds is 7. The van der Waals surface area contributed by atoms with Gasteiger partial charge in [-0.3, -0.25) is 0 Å². The lowest BCUT2D eigenvalue weighted by atomic mass is 10.3. The molecule has 0 radical (unpaired) electrons. The summed E-state index contributed by atoms with van der Waals surface area (Å²) in [6, 6.07) is 1.59. The number of hydrogen-bond acceptors (Lipinski definition) is 7. The molecule has 0 aliphatic rings. The molecule has 0 saturated heterocycles. The zero-order valence-electron chi connectivity index (χ0n) is 11.1. The van der Waals surface area contributed by atoms with Crippen molar-refractivity contribution in [2.45, 2.75) is 6.10 Å². The molecule has 0 aliphatic heterocycles. The fourth-order valence-corrected chi connectivity index (χ4v) is 1.42. The predicted octanol–water partition coefficient (Wildman–Crippen LogP) is -0.0627. The molecular weight excluding hydrogens is 238 g/mol. The first kappa shape index (κ1) is 14.5. The van der Waals surface area contributed by atoms with Gasteiger partial charge in [-0.1, -0.05) is 0 Å². The summed E-state index contributed by atoms with van der Waals surface area (Å²) < 4.78 is 15.0. The zero-order chi connectivity index (χ0) is 13.5. The average molecular weight is 257 g/mol. The first-order valence-corrected chi connectivity index (χ1v) is 5.46. The molecule has 1 atom stereocenters. The van der Waals surface area contributed by atoms with Crippen LogP contribution < -0.4 is 14.4 Å². The molecule has 7 nitrogen and oxygen atoms in total. The summed E-state index contributed by atoms with van der Waals surface area (Å²) in [5.74, 6) is 1.23. The van der Waals surface area contributed by atoms with Crippen molar-refractivity contribution in [3.8, 4) is 11.8 Å². The third-order valence-electron chi connectivity index (χ3n) is 2.27. The number of aliphatic hydroxyl groups excluding tert-OH is 1. The normalized spacial score (nSPS) is 12.1. The fourth-order valence-electron chi connectivity index (χ4n) is 1.42. The van der Waals surface area contributed by atoms with Gasteiger partial charge in [-0.05, 0) is 0 Å². The minimum atomic E-state index is -0.610. The minimum Gasteiger partial charge on any atom is -0.481 e. The summed E-state index contributed by atoms with van der Waals surface area (Å²) in [6.45, 7) is 0.607. The highest BCUT2D eigenvalue weighted by Gasteiger charge is 2.13. The molecule has 18 heavy (non-hydrogen) atoms. The highest BCUT2D eigenvalue weighted by molar-refractivity contribution is 5.35. The lowest BCUT2D eigenvalue weighted by molar-refractivity contribution is 0.0693. The van der Waals surface area contributed by atoms with Gasteiger partial charge in [0, 0.05) is 20.7 Å². The van der Waals surface area contributed by atoms with Crippen LogP contribution in [0, 0.1) is 0 Å². The van der Waals surface area contributed by atoms with E-state index in [1.165, 1.54) is 21.3 Å². The number of hydrogen-bond donors (Lipinski definition) is 1. The van der Waals surface area contributed by atoms with Gasteiger partial charge in [0.15, 0.2) is 0 Å². The molecule has 1 N–H and O–H groups in total. The van der Waals surface area contributed by atoms with E-state index in [4.69, 9.17) is 14.2 Å². The van der Waals surface area contributed by atoms with Crippen molar-refractivity contribution in [1.29, 1.82) is 0 Å². The molecule has 1 aromatic heterocycles. The maximum absolute atomic E-state index is 9.65. The van der Waals surface area contributed by atoms with Crippen LogP contribution in [0.5, 0.6) is 11.8 Å². The maximum atomic E-state index is 9.65. The van der Waals surface area contributed by atoms with E-state index in [0.717, 1.165) is 0 Å². The zero-order valence-corrected chi connectivity index (χ0v) is 11.1. The number of aliphatic hydroxyl groups is 1. The molecule has 1 aromatic rings. The van der Waals surface area contributed by atoms with Gasteiger partial charge in [0.1, 0.15) is 0 Å². The molecule has 7 heteroatoms. The van der Waals surface area contributed by atoms with Crippen LogP contribution in [0.4, 0.5) is 5.95 Å². The quantitative estimate of drug-likeness (QED) is 0.733. The molecule has 1 unspecified atom stereocenters. The molecule has 0 spiro atoms. The number of methoxy groups -OCH3 is 3. The van der Waals surface area contributed by atoms with Gasteiger partial charge in [0.05, 0.1) is 33.0 Å². The average Bonchev–Trinajstić information content (AvgIpc) is 2.38. The smallest absolute Gasteiger partial charge is 0.231 e. The van der Waals surface area contributed by atoms with Crippen molar-refractivity contribution < 1.29 is 19.3 Å². The largest absolute Gasteiger partial charge is 0.481 e. The van der Waals surface area contributed by atoms with Crippen LogP contribution in [-0.4, -0.2) is 62.7 Å². The number of aromatic nitrogens is 2. The molecule has 1 rings (SSSR count). The number of nitrogens with zero attached hydrogens (tertiary/aromatic N) is 3. The van der Waals surface area contributed by atoms with E-state index in [2.05, 4.69) is 9.97 Å². The van der Waals surface area contributed by atoms with E-state index < -0.39 is 6.10 Å². The van der Waals surface area contributed by atoms with E-state index in [1.807, 2.05) is 0 Å². The Bertz CT molecular complexity index is 353. The molecule has 0 fully saturated rings. The second kappa shape index (κ2) is 6.97.